The summed E-state index contributed by atoms with van der Waals surface area (Å²) < 4.78 is 5.30. The van der Waals surface area contributed by atoms with Crippen LogP contribution in [0.1, 0.15) is 54.7 Å². The van der Waals surface area contributed by atoms with Gasteiger partial charge in [-0.25, -0.2) is 4.79 Å². The lowest BCUT2D eigenvalue weighted by molar-refractivity contribution is 0.0403. The number of hydrogen-bond acceptors (Lipinski definition) is 4. The van der Waals surface area contributed by atoms with Gasteiger partial charge in [-0.2, -0.15) is 0 Å². The smallest absolute Gasteiger partial charge is 0.407 e. The standard InChI is InChI=1S/C21H24N2O4.H2/c1-2-22-20(26)27-8-7-16-17(12-9-13-11-21(13,16)10-12)23-18(24)14-5-3-4-6-15(14)19(23)25;/h3-6,12-13,16-17H,2,7-11H2,1H3,(H,22,26);1H/t12?,13?,16?,17-,21?;/m0./s1. The number of amides is 3. The Morgan fingerprint density at radius 3 is 2.63 bits per heavy atom. The molecule has 3 aliphatic carbocycles. The molecule has 1 aromatic rings. The van der Waals surface area contributed by atoms with E-state index in [9.17, 15) is 14.4 Å². The van der Waals surface area contributed by atoms with E-state index >= 15 is 0 Å². The summed E-state index contributed by atoms with van der Waals surface area (Å²) >= 11 is 0. The maximum Gasteiger partial charge on any atom is 0.407 e. The molecule has 0 radical (unpaired) electrons. The van der Waals surface area contributed by atoms with Crippen molar-refractivity contribution in [3.63, 3.8) is 0 Å². The van der Waals surface area contributed by atoms with Gasteiger partial charge in [0.25, 0.3) is 11.8 Å². The summed E-state index contributed by atoms with van der Waals surface area (Å²) in [5, 5.41) is 2.64. The molecule has 3 amide bonds. The zero-order chi connectivity index (χ0) is 18.8. The minimum Gasteiger partial charge on any atom is -0.450 e. The number of carbonyl (C=O) groups is 3. The molecule has 1 aliphatic heterocycles. The molecule has 4 unspecified atom stereocenters. The molecule has 1 N–H and O–H groups in total. The third-order valence-corrected chi connectivity index (χ3v) is 7.25. The van der Waals surface area contributed by atoms with Crippen molar-refractivity contribution in [2.45, 2.75) is 38.6 Å². The van der Waals surface area contributed by atoms with Crippen molar-refractivity contribution in [2.75, 3.05) is 13.2 Å². The van der Waals surface area contributed by atoms with Crippen LogP contribution in [0.15, 0.2) is 24.3 Å². The number of nitrogens with one attached hydrogen (secondary N) is 1. The van der Waals surface area contributed by atoms with E-state index in [0.29, 0.717) is 36.6 Å². The number of fused-ring (bicyclic) bond motifs is 2. The first-order valence-electron chi connectivity index (χ1n) is 9.94. The van der Waals surface area contributed by atoms with E-state index < -0.39 is 6.09 Å². The van der Waals surface area contributed by atoms with Crippen LogP contribution in [-0.4, -0.2) is 42.0 Å². The fourth-order valence-electron chi connectivity index (χ4n) is 6.24. The van der Waals surface area contributed by atoms with Crippen molar-refractivity contribution in [1.29, 1.82) is 0 Å². The van der Waals surface area contributed by atoms with Gasteiger partial charge in [-0.15, -0.1) is 0 Å². The van der Waals surface area contributed by atoms with Gasteiger partial charge in [0.1, 0.15) is 0 Å². The number of carbonyl (C=O) groups excluding carboxylic acids is 3. The number of hydrogen-bond donors (Lipinski definition) is 1. The van der Waals surface area contributed by atoms with Gasteiger partial charge in [0, 0.05) is 14.0 Å². The van der Waals surface area contributed by atoms with Gasteiger partial charge in [-0.05, 0) is 67.9 Å². The van der Waals surface area contributed by atoms with E-state index in [0.717, 1.165) is 18.8 Å². The Morgan fingerprint density at radius 2 is 1.96 bits per heavy atom. The Balaban J connectivity index is 0.00000192. The zero-order valence-corrected chi connectivity index (χ0v) is 15.4. The van der Waals surface area contributed by atoms with E-state index in [1.807, 2.05) is 19.1 Å². The first-order valence-corrected chi connectivity index (χ1v) is 9.94. The molecule has 6 heteroatoms. The summed E-state index contributed by atoms with van der Waals surface area (Å²) in [5.41, 5.74) is 1.30. The Morgan fingerprint density at radius 1 is 1.26 bits per heavy atom. The average Bonchev–Trinajstić information content (AvgIpc) is 3.02. The summed E-state index contributed by atoms with van der Waals surface area (Å²) in [6.45, 7) is 2.72. The minimum absolute atomic E-state index is 0. The molecular weight excluding hydrogens is 344 g/mol. The summed E-state index contributed by atoms with van der Waals surface area (Å²) in [5.74, 6) is 1.04. The van der Waals surface area contributed by atoms with Gasteiger partial charge in [0.05, 0.1) is 17.7 Å². The van der Waals surface area contributed by atoms with Gasteiger partial charge in [0.2, 0.25) is 0 Å². The van der Waals surface area contributed by atoms with E-state index in [-0.39, 0.29) is 30.6 Å². The SMILES string of the molecule is CCNC(=O)OCCC1[C@@H](N2C(=O)c3ccccc3C2=O)C2CC3CC31C2.[HH]. The van der Waals surface area contributed by atoms with Crippen molar-refractivity contribution in [3.8, 4) is 0 Å². The molecule has 4 aliphatic rings. The van der Waals surface area contributed by atoms with Gasteiger partial charge < -0.3 is 10.1 Å². The summed E-state index contributed by atoms with van der Waals surface area (Å²) in [4.78, 5) is 39.2. The van der Waals surface area contributed by atoms with Crippen molar-refractivity contribution >= 4 is 17.9 Å². The molecule has 0 saturated heterocycles. The van der Waals surface area contributed by atoms with Gasteiger partial charge in [-0.1, -0.05) is 12.1 Å². The second kappa shape index (κ2) is 5.81. The third-order valence-electron chi connectivity index (χ3n) is 7.25. The van der Waals surface area contributed by atoms with Crippen LogP contribution in [0.25, 0.3) is 0 Å². The monoisotopic (exact) mass is 370 g/mol. The number of imide groups is 1. The second-order valence-corrected chi connectivity index (χ2v) is 8.41. The summed E-state index contributed by atoms with van der Waals surface area (Å²) in [6.07, 6.45) is 3.72. The van der Waals surface area contributed by atoms with Gasteiger partial charge in [-0.3, -0.25) is 14.5 Å². The highest BCUT2D eigenvalue weighted by Gasteiger charge is 2.73. The second-order valence-electron chi connectivity index (χ2n) is 8.41. The van der Waals surface area contributed by atoms with E-state index in [1.165, 1.54) is 11.3 Å². The maximum atomic E-state index is 13.0. The zero-order valence-electron chi connectivity index (χ0n) is 15.4. The molecule has 3 fully saturated rings. The predicted octanol–water partition coefficient (Wildman–Crippen LogP) is 3.08. The maximum absolute atomic E-state index is 13.0. The molecule has 1 aromatic carbocycles. The molecule has 3 saturated carbocycles. The first kappa shape index (κ1) is 16.8. The Labute approximate surface area is 159 Å². The lowest BCUT2D eigenvalue weighted by atomic mass is 9.81. The Kier molecular flexibility index (Phi) is 3.61. The van der Waals surface area contributed by atoms with Crippen LogP contribution in [0.4, 0.5) is 4.79 Å². The van der Waals surface area contributed by atoms with Crippen molar-refractivity contribution < 1.29 is 20.5 Å². The third kappa shape index (κ3) is 2.28. The van der Waals surface area contributed by atoms with Crippen LogP contribution in [0.2, 0.25) is 0 Å². The molecule has 1 spiro atoms. The lowest BCUT2D eigenvalue weighted by Gasteiger charge is -2.36. The first-order chi connectivity index (χ1) is 13.1. The molecule has 6 nitrogen and oxygen atoms in total. The lowest BCUT2D eigenvalue weighted by Crippen LogP contribution is -2.48. The normalized spacial score (nSPS) is 35.2. The number of alkyl carbamates (subject to hydrolysis) is 1. The highest BCUT2D eigenvalue weighted by atomic mass is 16.5. The number of ether oxygens (including phenoxy) is 1. The summed E-state index contributed by atoms with van der Waals surface area (Å²) in [7, 11) is 0. The number of rotatable bonds is 5. The molecule has 144 valence electrons. The van der Waals surface area contributed by atoms with Crippen LogP contribution < -0.4 is 5.32 Å². The summed E-state index contributed by atoms with van der Waals surface area (Å²) in [6, 6.07) is 7.04. The molecule has 1 heterocycles. The quantitative estimate of drug-likeness (QED) is 0.808. The van der Waals surface area contributed by atoms with E-state index in [4.69, 9.17) is 4.74 Å². The minimum atomic E-state index is -0.400. The largest absolute Gasteiger partial charge is 0.450 e. The highest BCUT2D eigenvalue weighted by molar-refractivity contribution is 6.21. The van der Waals surface area contributed by atoms with Crippen LogP contribution in [0.5, 0.6) is 0 Å². The fraction of sp³-hybridized carbons (Fsp3) is 0.571. The van der Waals surface area contributed by atoms with Gasteiger partial charge in [0.15, 0.2) is 0 Å². The van der Waals surface area contributed by atoms with Crippen LogP contribution in [0, 0.1) is 23.2 Å². The molecular formula is C21H26N2O4. The molecule has 0 aromatic heterocycles. The van der Waals surface area contributed by atoms with Gasteiger partial charge >= 0.3 is 6.09 Å². The predicted molar refractivity (Wildman–Crippen MR) is 99.2 cm³/mol. The topological polar surface area (TPSA) is 75.7 Å². The molecule has 27 heavy (non-hydrogen) atoms. The van der Waals surface area contributed by atoms with Crippen LogP contribution in [-0.2, 0) is 4.74 Å². The average molecular weight is 370 g/mol. The number of nitrogens with zero attached hydrogens (tertiary/aromatic N) is 1. The van der Waals surface area contributed by atoms with Crippen molar-refractivity contribution in [2.24, 2.45) is 23.2 Å². The van der Waals surface area contributed by atoms with E-state index in [1.54, 1.807) is 12.1 Å². The fourth-order valence-corrected chi connectivity index (χ4v) is 6.24. The van der Waals surface area contributed by atoms with Crippen molar-refractivity contribution in [3.05, 3.63) is 35.4 Å². The molecule has 2 bridgehead atoms. The number of benzene rings is 1. The van der Waals surface area contributed by atoms with E-state index in [2.05, 4.69) is 5.32 Å². The van der Waals surface area contributed by atoms with Crippen molar-refractivity contribution in [1.82, 2.24) is 10.2 Å². The Bertz CT molecular complexity index is 808. The molecule has 5 rings (SSSR count). The van der Waals surface area contributed by atoms with Crippen LogP contribution in [0.3, 0.4) is 0 Å². The van der Waals surface area contributed by atoms with Crippen LogP contribution >= 0.6 is 0 Å². The highest BCUT2D eigenvalue weighted by Crippen LogP contribution is 2.77. The Hall–Kier alpha value is -2.37. The molecule has 5 atom stereocenters.